The monoisotopic (exact) mass is 206 g/mol. The standard InChI is InChI=1S/C10H14N4O/c1-7-6-14(10(15)5-12-7)8-2-3-9(11)13-4-8/h2-4,7,12H,5-6H2,1H3,(H2,11,13). The maximum Gasteiger partial charge on any atom is 0.241 e. The van der Waals surface area contributed by atoms with E-state index in [4.69, 9.17) is 5.73 Å². The maximum absolute atomic E-state index is 11.6. The van der Waals surface area contributed by atoms with Crippen molar-refractivity contribution < 1.29 is 4.79 Å². The first-order valence-corrected chi connectivity index (χ1v) is 4.92. The van der Waals surface area contributed by atoms with Crippen LogP contribution < -0.4 is 16.0 Å². The quantitative estimate of drug-likeness (QED) is 0.678. The fourth-order valence-electron chi connectivity index (χ4n) is 1.60. The van der Waals surface area contributed by atoms with Gasteiger partial charge < -0.3 is 16.0 Å². The van der Waals surface area contributed by atoms with Gasteiger partial charge in [-0.25, -0.2) is 4.98 Å². The Bertz CT molecular complexity index is 362. The molecule has 5 nitrogen and oxygen atoms in total. The van der Waals surface area contributed by atoms with Gasteiger partial charge in [0.1, 0.15) is 5.82 Å². The largest absolute Gasteiger partial charge is 0.384 e. The summed E-state index contributed by atoms with van der Waals surface area (Å²) in [4.78, 5) is 17.3. The minimum atomic E-state index is 0.0691. The number of nitrogen functional groups attached to an aromatic ring is 1. The number of hydrogen-bond acceptors (Lipinski definition) is 4. The zero-order chi connectivity index (χ0) is 10.8. The second-order valence-corrected chi connectivity index (χ2v) is 3.73. The summed E-state index contributed by atoms with van der Waals surface area (Å²) in [5.74, 6) is 0.536. The van der Waals surface area contributed by atoms with Crippen LogP contribution in [-0.2, 0) is 4.79 Å². The average Bonchev–Trinajstić information content (AvgIpc) is 2.23. The third kappa shape index (κ3) is 2.07. The second-order valence-electron chi connectivity index (χ2n) is 3.73. The number of amides is 1. The van der Waals surface area contributed by atoms with Crippen molar-refractivity contribution in [2.75, 3.05) is 23.7 Å². The molecule has 3 N–H and O–H groups in total. The van der Waals surface area contributed by atoms with E-state index in [2.05, 4.69) is 10.3 Å². The Morgan fingerprint density at radius 2 is 2.40 bits per heavy atom. The van der Waals surface area contributed by atoms with Gasteiger partial charge in [-0.2, -0.15) is 0 Å². The van der Waals surface area contributed by atoms with E-state index in [0.717, 1.165) is 5.69 Å². The fourth-order valence-corrected chi connectivity index (χ4v) is 1.60. The van der Waals surface area contributed by atoms with Crippen molar-refractivity contribution in [1.82, 2.24) is 10.3 Å². The first-order chi connectivity index (χ1) is 7.16. The zero-order valence-corrected chi connectivity index (χ0v) is 8.60. The minimum absolute atomic E-state index is 0.0691. The molecule has 1 aromatic rings. The van der Waals surface area contributed by atoms with Gasteiger partial charge in [0.25, 0.3) is 0 Å². The van der Waals surface area contributed by atoms with E-state index < -0.39 is 0 Å². The molecule has 1 fully saturated rings. The van der Waals surface area contributed by atoms with E-state index >= 15 is 0 Å². The van der Waals surface area contributed by atoms with Crippen molar-refractivity contribution >= 4 is 17.4 Å². The molecule has 1 atom stereocenters. The Hall–Kier alpha value is -1.62. The van der Waals surface area contributed by atoms with Crippen LogP contribution in [0.4, 0.5) is 11.5 Å². The predicted molar refractivity (Wildman–Crippen MR) is 58.5 cm³/mol. The number of aromatic nitrogens is 1. The van der Waals surface area contributed by atoms with Crippen LogP contribution in [0.3, 0.4) is 0 Å². The highest BCUT2D eigenvalue weighted by atomic mass is 16.2. The molecule has 2 rings (SSSR count). The normalized spacial score (nSPS) is 21.8. The van der Waals surface area contributed by atoms with Crippen LogP contribution in [0.5, 0.6) is 0 Å². The summed E-state index contributed by atoms with van der Waals surface area (Å²) in [5.41, 5.74) is 6.30. The van der Waals surface area contributed by atoms with Gasteiger partial charge in [0.15, 0.2) is 0 Å². The number of piperazine rings is 1. The molecule has 80 valence electrons. The van der Waals surface area contributed by atoms with Crippen molar-refractivity contribution in [2.24, 2.45) is 0 Å². The molecular formula is C10H14N4O. The molecule has 5 heteroatoms. The van der Waals surface area contributed by atoms with E-state index in [1.165, 1.54) is 0 Å². The molecule has 0 bridgehead atoms. The van der Waals surface area contributed by atoms with Crippen LogP contribution in [-0.4, -0.2) is 30.0 Å². The number of carbonyl (C=O) groups is 1. The molecule has 1 aliphatic rings. The Balaban J connectivity index is 2.21. The van der Waals surface area contributed by atoms with Crippen LogP contribution in [0.25, 0.3) is 0 Å². The highest BCUT2D eigenvalue weighted by Crippen LogP contribution is 2.16. The van der Waals surface area contributed by atoms with E-state index in [0.29, 0.717) is 24.9 Å². The Labute approximate surface area is 88.3 Å². The van der Waals surface area contributed by atoms with Crippen molar-refractivity contribution in [3.05, 3.63) is 18.3 Å². The Kier molecular flexibility index (Phi) is 2.55. The number of rotatable bonds is 1. The zero-order valence-electron chi connectivity index (χ0n) is 8.60. The van der Waals surface area contributed by atoms with Crippen LogP contribution in [0, 0.1) is 0 Å². The van der Waals surface area contributed by atoms with E-state index in [9.17, 15) is 4.79 Å². The molecule has 1 aliphatic heterocycles. The van der Waals surface area contributed by atoms with Crippen molar-refractivity contribution in [3.63, 3.8) is 0 Å². The fraction of sp³-hybridized carbons (Fsp3) is 0.400. The van der Waals surface area contributed by atoms with Gasteiger partial charge in [0, 0.05) is 12.6 Å². The summed E-state index contributed by atoms with van der Waals surface area (Å²) in [6.07, 6.45) is 1.63. The number of hydrogen-bond donors (Lipinski definition) is 2. The van der Waals surface area contributed by atoms with Crippen LogP contribution in [0.2, 0.25) is 0 Å². The second kappa shape index (κ2) is 3.86. The number of pyridine rings is 1. The lowest BCUT2D eigenvalue weighted by molar-refractivity contribution is -0.118. The number of nitrogens with one attached hydrogen (secondary N) is 1. The average molecular weight is 206 g/mol. The lowest BCUT2D eigenvalue weighted by atomic mass is 10.2. The van der Waals surface area contributed by atoms with E-state index in [-0.39, 0.29) is 5.91 Å². The first kappa shape index (κ1) is 9.92. The summed E-state index contributed by atoms with van der Waals surface area (Å²) in [5, 5.41) is 3.11. The maximum atomic E-state index is 11.6. The van der Waals surface area contributed by atoms with Gasteiger partial charge in [-0.05, 0) is 19.1 Å². The smallest absolute Gasteiger partial charge is 0.241 e. The van der Waals surface area contributed by atoms with E-state index in [1.807, 2.05) is 13.0 Å². The summed E-state index contributed by atoms with van der Waals surface area (Å²) < 4.78 is 0. The summed E-state index contributed by atoms with van der Waals surface area (Å²) in [6, 6.07) is 3.83. The van der Waals surface area contributed by atoms with Crippen molar-refractivity contribution in [1.29, 1.82) is 0 Å². The lowest BCUT2D eigenvalue weighted by Gasteiger charge is -2.31. The van der Waals surface area contributed by atoms with Crippen molar-refractivity contribution in [3.8, 4) is 0 Å². The predicted octanol–water partition coefficient (Wildman–Crippen LogP) is -0.0115. The molecule has 1 amide bonds. The lowest BCUT2D eigenvalue weighted by Crippen LogP contribution is -2.53. The van der Waals surface area contributed by atoms with Gasteiger partial charge in [-0.15, -0.1) is 0 Å². The number of nitrogens with two attached hydrogens (primary N) is 1. The molecule has 2 heterocycles. The minimum Gasteiger partial charge on any atom is -0.384 e. The van der Waals surface area contributed by atoms with Gasteiger partial charge in [-0.3, -0.25) is 4.79 Å². The third-order valence-electron chi connectivity index (χ3n) is 2.44. The van der Waals surface area contributed by atoms with Crippen LogP contribution in [0.1, 0.15) is 6.92 Å². The number of anilines is 2. The summed E-state index contributed by atoms with van der Waals surface area (Å²) >= 11 is 0. The molecular weight excluding hydrogens is 192 g/mol. The molecule has 1 unspecified atom stereocenters. The SMILES string of the molecule is CC1CN(c2ccc(N)nc2)C(=O)CN1. The summed E-state index contributed by atoms with van der Waals surface area (Å²) in [7, 11) is 0. The Morgan fingerprint density at radius 1 is 1.60 bits per heavy atom. The topological polar surface area (TPSA) is 71.2 Å². The number of nitrogens with zero attached hydrogens (tertiary/aromatic N) is 2. The highest BCUT2D eigenvalue weighted by molar-refractivity contribution is 5.95. The van der Waals surface area contributed by atoms with Crippen molar-refractivity contribution in [2.45, 2.75) is 13.0 Å². The van der Waals surface area contributed by atoms with Gasteiger partial charge in [0.2, 0.25) is 5.91 Å². The van der Waals surface area contributed by atoms with Gasteiger partial charge in [-0.1, -0.05) is 0 Å². The molecule has 1 aromatic heterocycles. The van der Waals surface area contributed by atoms with Gasteiger partial charge >= 0.3 is 0 Å². The molecule has 0 aromatic carbocycles. The molecule has 0 aliphatic carbocycles. The molecule has 0 spiro atoms. The molecule has 0 radical (unpaired) electrons. The Morgan fingerprint density at radius 3 is 3.07 bits per heavy atom. The highest BCUT2D eigenvalue weighted by Gasteiger charge is 2.23. The number of carbonyl (C=O) groups excluding carboxylic acids is 1. The van der Waals surface area contributed by atoms with E-state index in [1.54, 1.807) is 17.2 Å². The molecule has 15 heavy (non-hydrogen) atoms. The van der Waals surface area contributed by atoms with Gasteiger partial charge in [0.05, 0.1) is 18.4 Å². The molecule has 0 saturated carbocycles. The van der Waals surface area contributed by atoms with Crippen LogP contribution in [0.15, 0.2) is 18.3 Å². The van der Waals surface area contributed by atoms with Crippen LogP contribution >= 0.6 is 0 Å². The first-order valence-electron chi connectivity index (χ1n) is 4.92. The summed E-state index contributed by atoms with van der Waals surface area (Å²) in [6.45, 7) is 3.10. The third-order valence-corrected chi connectivity index (χ3v) is 2.44. The molecule has 1 saturated heterocycles.